The average Bonchev–Trinajstić information content (AvgIpc) is 2.19. The van der Waals surface area contributed by atoms with Gasteiger partial charge in [-0.05, 0) is 19.3 Å². The van der Waals surface area contributed by atoms with E-state index in [9.17, 15) is 5.11 Å². The summed E-state index contributed by atoms with van der Waals surface area (Å²) in [5.41, 5.74) is -0.408. The second-order valence-electron chi connectivity index (χ2n) is 4.13. The van der Waals surface area contributed by atoms with Crippen LogP contribution in [-0.2, 0) is 0 Å². The van der Waals surface area contributed by atoms with Crippen LogP contribution in [0, 0.1) is 16.7 Å². The van der Waals surface area contributed by atoms with Gasteiger partial charge in [-0.15, -0.1) is 0 Å². The fourth-order valence-electron chi connectivity index (χ4n) is 2.25. The van der Waals surface area contributed by atoms with Crippen molar-refractivity contribution in [3.05, 3.63) is 0 Å². The minimum Gasteiger partial charge on any atom is -0.391 e. The third-order valence-corrected chi connectivity index (χ3v) is 3.17. The minimum absolute atomic E-state index is 0.400. The molecule has 0 saturated heterocycles. The third-order valence-electron chi connectivity index (χ3n) is 3.17. The maximum absolute atomic E-state index is 9.90. The Balaban J connectivity index is 2.62. The molecule has 1 aliphatic rings. The number of nitrogens with zero attached hydrogens (tertiary/aromatic N) is 1. The zero-order valence-corrected chi connectivity index (χ0v) is 8.42. The highest BCUT2D eigenvalue weighted by Crippen LogP contribution is 2.39. The molecular weight excluding hydrogens is 162 g/mol. The van der Waals surface area contributed by atoms with Gasteiger partial charge in [0.2, 0.25) is 0 Å². The molecular formula is C11H19NO. The van der Waals surface area contributed by atoms with Crippen LogP contribution in [0.2, 0.25) is 0 Å². The molecule has 0 aromatic carbocycles. The smallest absolute Gasteiger partial charge is 0.0832 e. The summed E-state index contributed by atoms with van der Waals surface area (Å²) in [5.74, 6) is 0. The molecule has 1 atom stereocenters. The Labute approximate surface area is 80.6 Å². The standard InChI is InChI=1S/C11H19NO/c1-2-6-10(13)11(9-12)7-4-3-5-8-11/h10,13H,2-8H2,1H3. The molecule has 2 nitrogen and oxygen atoms in total. The Bertz CT molecular complexity index is 189. The fourth-order valence-corrected chi connectivity index (χ4v) is 2.25. The molecule has 1 saturated carbocycles. The Hall–Kier alpha value is -0.550. The average molecular weight is 181 g/mol. The Kier molecular flexibility index (Phi) is 3.74. The van der Waals surface area contributed by atoms with E-state index >= 15 is 0 Å². The number of nitriles is 1. The molecule has 1 N–H and O–H groups in total. The van der Waals surface area contributed by atoms with Gasteiger partial charge in [-0.25, -0.2) is 0 Å². The summed E-state index contributed by atoms with van der Waals surface area (Å²) in [5, 5.41) is 19.0. The highest BCUT2D eigenvalue weighted by Gasteiger charge is 2.38. The molecule has 74 valence electrons. The molecule has 13 heavy (non-hydrogen) atoms. The van der Waals surface area contributed by atoms with Crippen molar-refractivity contribution in [2.24, 2.45) is 5.41 Å². The van der Waals surface area contributed by atoms with Crippen LogP contribution in [0.15, 0.2) is 0 Å². The lowest BCUT2D eigenvalue weighted by Crippen LogP contribution is -2.35. The van der Waals surface area contributed by atoms with Crippen LogP contribution in [-0.4, -0.2) is 11.2 Å². The molecule has 0 aromatic rings. The van der Waals surface area contributed by atoms with E-state index in [1.165, 1.54) is 6.42 Å². The van der Waals surface area contributed by atoms with Crippen molar-refractivity contribution in [1.29, 1.82) is 5.26 Å². The highest BCUT2D eigenvalue weighted by molar-refractivity contribution is 5.04. The van der Waals surface area contributed by atoms with Crippen molar-refractivity contribution in [3.63, 3.8) is 0 Å². The lowest BCUT2D eigenvalue weighted by molar-refractivity contribution is 0.0303. The molecule has 0 heterocycles. The Morgan fingerprint density at radius 3 is 2.46 bits per heavy atom. The number of hydrogen-bond acceptors (Lipinski definition) is 2. The summed E-state index contributed by atoms with van der Waals surface area (Å²) < 4.78 is 0. The van der Waals surface area contributed by atoms with Gasteiger partial charge in [0.05, 0.1) is 17.6 Å². The maximum atomic E-state index is 9.90. The van der Waals surface area contributed by atoms with E-state index in [0.29, 0.717) is 0 Å². The number of aliphatic hydroxyl groups excluding tert-OH is 1. The first kappa shape index (κ1) is 10.5. The summed E-state index contributed by atoms with van der Waals surface area (Å²) in [4.78, 5) is 0. The summed E-state index contributed by atoms with van der Waals surface area (Å²) in [6.07, 6.45) is 6.56. The molecule has 0 bridgehead atoms. The first-order valence-electron chi connectivity index (χ1n) is 5.34. The Morgan fingerprint density at radius 1 is 1.38 bits per heavy atom. The van der Waals surface area contributed by atoms with E-state index in [0.717, 1.165) is 38.5 Å². The molecule has 1 fully saturated rings. The van der Waals surface area contributed by atoms with E-state index in [4.69, 9.17) is 5.26 Å². The second kappa shape index (κ2) is 4.62. The SMILES string of the molecule is CCCC(O)C1(C#N)CCCCC1. The van der Waals surface area contributed by atoms with E-state index in [1.807, 2.05) is 0 Å². The minimum atomic E-state index is -0.408. The van der Waals surface area contributed by atoms with Crippen LogP contribution in [0.1, 0.15) is 51.9 Å². The van der Waals surface area contributed by atoms with Gasteiger partial charge in [0.15, 0.2) is 0 Å². The first-order valence-corrected chi connectivity index (χ1v) is 5.34. The van der Waals surface area contributed by atoms with Crippen molar-refractivity contribution in [3.8, 4) is 6.07 Å². The van der Waals surface area contributed by atoms with Crippen molar-refractivity contribution in [2.45, 2.75) is 58.0 Å². The summed E-state index contributed by atoms with van der Waals surface area (Å²) in [7, 11) is 0. The van der Waals surface area contributed by atoms with Crippen LogP contribution in [0.25, 0.3) is 0 Å². The lowest BCUT2D eigenvalue weighted by Gasteiger charge is -2.34. The topological polar surface area (TPSA) is 44.0 Å². The molecule has 0 spiro atoms. The van der Waals surface area contributed by atoms with Crippen molar-refractivity contribution < 1.29 is 5.11 Å². The van der Waals surface area contributed by atoms with Gasteiger partial charge in [0.1, 0.15) is 0 Å². The van der Waals surface area contributed by atoms with E-state index < -0.39 is 11.5 Å². The van der Waals surface area contributed by atoms with Gasteiger partial charge in [-0.1, -0.05) is 32.6 Å². The molecule has 1 unspecified atom stereocenters. The van der Waals surface area contributed by atoms with Gasteiger partial charge in [-0.2, -0.15) is 5.26 Å². The quantitative estimate of drug-likeness (QED) is 0.727. The van der Waals surface area contributed by atoms with Crippen LogP contribution in [0.3, 0.4) is 0 Å². The summed E-state index contributed by atoms with van der Waals surface area (Å²) in [6.45, 7) is 2.05. The largest absolute Gasteiger partial charge is 0.391 e. The molecule has 0 aliphatic heterocycles. The number of hydrogen-bond donors (Lipinski definition) is 1. The molecule has 1 rings (SSSR count). The van der Waals surface area contributed by atoms with Crippen molar-refractivity contribution in [1.82, 2.24) is 0 Å². The van der Waals surface area contributed by atoms with Crippen molar-refractivity contribution >= 4 is 0 Å². The zero-order valence-electron chi connectivity index (χ0n) is 8.42. The summed E-state index contributed by atoms with van der Waals surface area (Å²) in [6, 6.07) is 2.35. The summed E-state index contributed by atoms with van der Waals surface area (Å²) >= 11 is 0. The van der Waals surface area contributed by atoms with E-state index in [2.05, 4.69) is 13.0 Å². The lowest BCUT2D eigenvalue weighted by atomic mass is 9.70. The third kappa shape index (κ3) is 2.22. The van der Waals surface area contributed by atoms with E-state index in [1.54, 1.807) is 0 Å². The second-order valence-corrected chi connectivity index (χ2v) is 4.13. The molecule has 0 amide bonds. The molecule has 0 radical (unpaired) electrons. The molecule has 2 heteroatoms. The van der Waals surface area contributed by atoms with Crippen molar-refractivity contribution in [2.75, 3.05) is 0 Å². The first-order chi connectivity index (χ1) is 6.25. The maximum Gasteiger partial charge on any atom is 0.0832 e. The highest BCUT2D eigenvalue weighted by atomic mass is 16.3. The van der Waals surface area contributed by atoms with Gasteiger partial charge < -0.3 is 5.11 Å². The predicted octanol–water partition coefficient (Wildman–Crippen LogP) is 2.62. The molecule has 0 aromatic heterocycles. The van der Waals surface area contributed by atoms with Gasteiger partial charge >= 0.3 is 0 Å². The van der Waals surface area contributed by atoms with Crippen LogP contribution < -0.4 is 0 Å². The van der Waals surface area contributed by atoms with E-state index in [-0.39, 0.29) is 0 Å². The number of aliphatic hydroxyl groups is 1. The zero-order chi connectivity index (χ0) is 9.73. The number of rotatable bonds is 3. The van der Waals surface area contributed by atoms with Gasteiger partial charge in [0, 0.05) is 0 Å². The Morgan fingerprint density at radius 2 is 2.00 bits per heavy atom. The monoisotopic (exact) mass is 181 g/mol. The molecule has 1 aliphatic carbocycles. The van der Waals surface area contributed by atoms with Gasteiger partial charge in [0.25, 0.3) is 0 Å². The van der Waals surface area contributed by atoms with Gasteiger partial charge in [-0.3, -0.25) is 0 Å². The van der Waals surface area contributed by atoms with Crippen LogP contribution >= 0.6 is 0 Å². The van der Waals surface area contributed by atoms with Crippen LogP contribution in [0.5, 0.6) is 0 Å². The normalized spacial score (nSPS) is 23.5. The predicted molar refractivity (Wildman–Crippen MR) is 52.0 cm³/mol. The fraction of sp³-hybridized carbons (Fsp3) is 0.909. The van der Waals surface area contributed by atoms with Crippen LogP contribution in [0.4, 0.5) is 0 Å².